The minimum Gasteiger partial charge on any atom is -0.465 e. The Morgan fingerprint density at radius 3 is 2.70 bits per heavy atom. The van der Waals surface area contributed by atoms with Gasteiger partial charge in [0.2, 0.25) is 0 Å². The van der Waals surface area contributed by atoms with Gasteiger partial charge in [0.05, 0.1) is 13.2 Å². The van der Waals surface area contributed by atoms with Crippen LogP contribution in [0.15, 0.2) is 77.7 Å². The zero-order chi connectivity index (χ0) is 30.5. The molecule has 0 spiro atoms. The van der Waals surface area contributed by atoms with Crippen LogP contribution in [-0.2, 0) is 25.6 Å². The van der Waals surface area contributed by atoms with Gasteiger partial charge in [-0.3, -0.25) is 19.7 Å². The molecule has 2 atom stereocenters. The van der Waals surface area contributed by atoms with Crippen molar-refractivity contribution in [2.75, 3.05) is 30.4 Å². The normalized spacial score (nSPS) is 17.3. The monoisotopic (exact) mass is 582 g/mol. The van der Waals surface area contributed by atoms with E-state index in [1.165, 1.54) is 4.90 Å². The smallest absolute Gasteiger partial charge is 0.411 e. The van der Waals surface area contributed by atoms with E-state index in [0.29, 0.717) is 27.9 Å². The SMILES string of the molecule is CCOC(=O)CN1Cc2cccc(c2)NC(=O)OC[C@H](C)c2ccc(cc2C)[C@@H](Nc2ccc3cc[nH]c(=O)c3c2)C1=O. The van der Waals surface area contributed by atoms with Gasteiger partial charge >= 0.3 is 12.1 Å². The van der Waals surface area contributed by atoms with Crippen molar-refractivity contribution in [2.45, 2.75) is 39.3 Å². The van der Waals surface area contributed by atoms with Gasteiger partial charge < -0.3 is 24.7 Å². The Kier molecular flexibility index (Phi) is 8.75. The summed E-state index contributed by atoms with van der Waals surface area (Å²) in [6.45, 7) is 5.76. The lowest BCUT2D eigenvalue weighted by molar-refractivity contribution is -0.149. The van der Waals surface area contributed by atoms with Gasteiger partial charge in [0.25, 0.3) is 11.5 Å². The van der Waals surface area contributed by atoms with Crippen LogP contribution in [0.4, 0.5) is 16.2 Å². The highest BCUT2D eigenvalue weighted by Gasteiger charge is 2.29. The maximum absolute atomic E-state index is 14.4. The average molecular weight is 583 g/mol. The molecule has 0 saturated carbocycles. The largest absolute Gasteiger partial charge is 0.465 e. The van der Waals surface area contributed by atoms with Gasteiger partial charge in [-0.25, -0.2) is 4.79 Å². The summed E-state index contributed by atoms with van der Waals surface area (Å²) in [5.41, 5.74) is 4.09. The highest BCUT2D eigenvalue weighted by molar-refractivity contribution is 5.91. The third-order valence-electron chi connectivity index (χ3n) is 7.44. The number of anilines is 2. The Morgan fingerprint density at radius 2 is 1.91 bits per heavy atom. The van der Waals surface area contributed by atoms with E-state index in [-0.39, 0.29) is 43.7 Å². The first-order valence-corrected chi connectivity index (χ1v) is 14.2. The molecule has 0 unspecified atom stereocenters. The van der Waals surface area contributed by atoms with E-state index < -0.39 is 18.1 Å². The van der Waals surface area contributed by atoms with E-state index in [9.17, 15) is 19.2 Å². The molecule has 3 N–H and O–H groups in total. The summed E-state index contributed by atoms with van der Waals surface area (Å²) < 4.78 is 10.7. The molecule has 1 aromatic heterocycles. The number of aromatic amines is 1. The predicted octanol–water partition coefficient (Wildman–Crippen LogP) is 5.25. The number of hydrogen-bond donors (Lipinski definition) is 3. The van der Waals surface area contributed by atoms with Crippen molar-refractivity contribution in [3.05, 3.63) is 106 Å². The number of carbonyl (C=O) groups excluding carboxylic acids is 3. The number of hydrogen-bond acceptors (Lipinski definition) is 7. The Hall–Kier alpha value is -5.12. The van der Waals surface area contributed by atoms with Crippen LogP contribution in [0.1, 0.15) is 48.1 Å². The van der Waals surface area contributed by atoms with Crippen LogP contribution in [0.25, 0.3) is 10.8 Å². The maximum Gasteiger partial charge on any atom is 0.411 e. The number of benzene rings is 3. The fourth-order valence-corrected chi connectivity index (χ4v) is 5.33. The fraction of sp³-hybridized carbons (Fsp3) is 0.273. The zero-order valence-corrected chi connectivity index (χ0v) is 24.3. The molecule has 4 bridgehead atoms. The molecule has 10 nitrogen and oxygen atoms in total. The van der Waals surface area contributed by atoms with Crippen molar-refractivity contribution in [1.29, 1.82) is 0 Å². The van der Waals surface area contributed by atoms with E-state index in [0.717, 1.165) is 16.5 Å². The van der Waals surface area contributed by atoms with Crippen LogP contribution in [0.5, 0.6) is 0 Å². The van der Waals surface area contributed by atoms with Gasteiger partial charge in [-0.1, -0.05) is 43.3 Å². The third-order valence-corrected chi connectivity index (χ3v) is 7.44. The van der Waals surface area contributed by atoms with Crippen molar-refractivity contribution < 1.29 is 23.9 Å². The molecular formula is C33H34N4O6. The lowest BCUT2D eigenvalue weighted by Gasteiger charge is -2.29. The van der Waals surface area contributed by atoms with Crippen molar-refractivity contribution >= 4 is 40.1 Å². The molecule has 3 aromatic carbocycles. The lowest BCUT2D eigenvalue weighted by atomic mass is 9.92. The number of nitrogens with zero attached hydrogens (tertiary/aromatic N) is 1. The topological polar surface area (TPSA) is 130 Å². The molecule has 0 fully saturated rings. The predicted molar refractivity (Wildman–Crippen MR) is 164 cm³/mol. The molecule has 2 aliphatic heterocycles. The van der Waals surface area contributed by atoms with E-state index in [1.54, 1.807) is 37.4 Å². The molecule has 0 aliphatic carbocycles. The van der Waals surface area contributed by atoms with E-state index in [1.807, 2.05) is 56.3 Å². The molecule has 0 saturated heterocycles. The van der Waals surface area contributed by atoms with Crippen LogP contribution in [0.3, 0.4) is 0 Å². The summed E-state index contributed by atoms with van der Waals surface area (Å²) in [5.74, 6) is -1.01. The molecule has 10 heteroatoms. The number of rotatable bonds is 5. The first kappa shape index (κ1) is 29.4. The Balaban J connectivity index is 1.61. The van der Waals surface area contributed by atoms with Crippen molar-refractivity contribution in [2.24, 2.45) is 0 Å². The molecular weight excluding hydrogens is 548 g/mol. The van der Waals surface area contributed by atoms with Crippen LogP contribution in [0, 0.1) is 6.92 Å². The summed E-state index contributed by atoms with van der Waals surface area (Å²) in [6.07, 6.45) is 1.01. The Bertz CT molecular complexity index is 1730. The van der Waals surface area contributed by atoms with Crippen LogP contribution in [0.2, 0.25) is 0 Å². The van der Waals surface area contributed by atoms with E-state index in [4.69, 9.17) is 9.47 Å². The lowest BCUT2D eigenvalue weighted by Crippen LogP contribution is -2.41. The van der Waals surface area contributed by atoms with Crippen molar-refractivity contribution in [3.8, 4) is 0 Å². The first-order valence-electron chi connectivity index (χ1n) is 14.2. The molecule has 2 aliphatic rings. The van der Waals surface area contributed by atoms with E-state index >= 15 is 0 Å². The van der Waals surface area contributed by atoms with Crippen LogP contribution >= 0.6 is 0 Å². The van der Waals surface area contributed by atoms with Crippen LogP contribution < -0.4 is 16.2 Å². The van der Waals surface area contributed by atoms with Crippen molar-refractivity contribution in [1.82, 2.24) is 9.88 Å². The highest BCUT2D eigenvalue weighted by atomic mass is 16.5. The number of ether oxygens (including phenoxy) is 2. The van der Waals surface area contributed by atoms with Gasteiger partial charge in [0.15, 0.2) is 0 Å². The molecule has 4 aromatic rings. The van der Waals surface area contributed by atoms with Gasteiger partial charge in [-0.05, 0) is 71.8 Å². The van der Waals surface area contributed by atoms with Gasteiger partial charge in [0.1, 0.15) is 12.6 Å². The second-order valence-electron chi connectivity index (χ2n) is 10.6. The molecule has 2 amide bonds. The highest BCUT2D eigenvalue weighted by Crippen LogP contribution is 2.29. The van der Waals surface area contributed by atoms with Gasteiger partial charge in [0, 0.05) is 35.4 Å². The second-order valence-corrected chi connectivity index (χ2v) is 10.6. The third kappa shape index (κ3) is 6.86. The molecule has 0 radical (unpaired) electrons. The Morgan fingerprint density at radius 1 is 1.07 bits per heavy atom. The Labute approximate surface area is 249 Å². The summed E-state index contributed by atoms with van der Waals surface area (Å²) in [4.78, 5) is 56.3. The van der Waals surface area contributed by atoms with E-state index in [2.05, 4.69) is 15.6 Å². The number of amides is 2. The standard InChI is InChI=1S/C33H34N4O6/c1-4-42-29(38)18-37-17-22-6-5-7-25(15-22)36-33(41)43-19-21(3)27-11-9-24(14-20(27)2)30(32(37)40)35-26-10-8-23-12-13-34-31(39)28(23)16-26/h5-16,21,30,35H,4,17-19H2,1-3H3,(H,34,39)(H,36,41)/t21-,30+/m0/s1. The van der Waals surface area contributed by atoms with Crippen LogP contribution in [-0.4, -0.2) is 47.6 Å². The van der Waals surface area contributed by atoms with Gasteiger partial charge in [-0.2, -0.15) is 0 Å². The summed E-state index contributed by atoms with van der Waals surface area (Å²) >= 11 is 0. The minimum atomic E-state index is -0.898. The molecule has 43 heavy (non-hydrogen) atoms. The zero-order valence-electron chi connectivity index (χ0n) is 24.3. The number of fused-ring (bicyclic) bond motifs is 10. The van der Waals surface area contributed by atoms with Crippen molar-refractivity contribution in [3.63, 3.8) is 0 Å². The number of nitrogens with one attached hydrogen (secondary N) is 3. The summed E-state index contributed by atoms with van der Waals surface area (Å²) in [7, 11) is 0. The molecule has 222 valence electrons. The second kappa shape index (κ2) is 12.8. The number of carbonyl (C=O) groups is 3. The average Bonchev–Trinajstić information content (AvgIpc) is 2.98. The molecule has 6 rings (SSSR count). The number of H-pyrrole nitrogens is 1. The first-order chi connectivity index (χ1) is 20.7. The molecule has 3 heterocycles. The maximum atomic E-state index is 14.4. The quantitative estimate of drug-likeness (QED) is 0.274. The number of aromatic nitrogens is 1. The number of esters is 1. The minimum absolute atomic E-state index is 0.0753. The number of pyridine rings is 1. The summed E-state index contributed by atoms with van der Waals surface area (Å²) in [5, 5.41) is 7.33. The summed E-state index contributed by atoms with van der Waals surface area (Å²) in [6, 6.07) is 19.0. The fourth-order valence-electron chi connectivity index (χ4n) is 5.33. The van der Waals surface area contributed by atoms with Gasteiger partial charge in [-0.15, -0.1) is 0 Å². The number of aryl methyl sites for hydroxylation is 1.